The lowest BCUT2D eigenvalue weighted by atomic mass is 9.99. The summed E-state index contributed by atoms with van der Waals surface area (Å²) in [5.41, 5.74) is 0.196. The Bertz CT molecular complexity index is 562. The van der Waals surface area contributed by atoms with Gasteiger partial charge in [-0.05, 0) is 23.8 Å². The lowest BCUT2D eigenvalue weighted by Gasteiger charge is -2.07. The van der Waals surface area contributed by atoms with Crippen molar-refractivity contribution in [3.63, 3.8) is 0 Å². The number of benzene rings is 2. The highest BCUT2D eigenvalue weighted by Crippen LogP contribution is 2.27. The van der Waals surface area contributed by atoms with Gasteiger partial charge in [0.05, 0.1) is 0 Å². The van der Waals surface area contributed by atoms with Crippen molar-refractivity contribution >= 4 is 6.29 Å². The molecule has 0 aromatic heterocycles. The van der Waals surface area contributed by atoms with Gasteiger partial charge >= 0.3 is 0 Å². The maximum atomic E-state index is 13.6. The molecular weight excluding hydrogens is 229 g/mol. The Hall–Kier alpha value is -2.10. The number of hydrogen-bond donors (Lipinski definition) is 0. The number of carbonyl (C=O) groups excluding carboxylic acids is 1. The third-order valence-electron chi connectivity index (χ3n) is 2.35. The van der Waals surface area contributed by atoms with Crippen LogP contribution in [0.4, 0.5) is 13.2 Å². The van der Waals surface area contributed by atoms with Gasteiger partial charge in [-0.15, -0.1) is 0 Å². The predicted octanol–water partition coefficient (Wildman–Crippen LogP) is 3.58. The average Bonchev–Trinajstić information content (AvgIpc) is 2.30. The monoisotopic (exact) mass is 236 g/mol. The molecule has 0 N–H and O–H groups in total. The summed E-state index contributed by atoms with van der Waals surface area (Å²) < 4.78 is 39.2. The van der Waals surface area contributed by atoms with Crippen LogP contribution in [0.15, 0.2) is 36.4 Å². The lowest BCUT2D eigenvalue weighted by molar-refractivity contribution is 0.112. The van der Waals surface area contributed by atoms with Gasteiger partial charge < -0.3 is 0 Å². The van der Waals surface area contributed by atoms with Crippen molar-refractivity contribution in [2.75, 3.05) is 0 Å². The van der Waals surface area contributed by atoms with Gasteiger partial charge in [-0.1, -0.05) is 12.1 Å². The second-order valence-corrected chi connectivity index (χ2v) is 3.48. The van der Waals surface area contributed by atoms with Crippen molar-refractivity contribution in [3.8, 4) is 11.1 Å². The molecular formula is C13H7F3O. The molecule has 0 atom stereocenters. The largest absolute Gasteiger partial charge is 0.298 e. The van der Waals surface area contributed by atoms with Gasteiger partial charge in [0.25, 0.3) is 0 Å². The molecule has 0 bridgehead atoms. The molecule has 0 aliphatic heterocycles. The Morgan fingerprint density at radius 2 is 1.53 bits per heavy atom. The minimum atomic E-state index is -0.848. The Morgan fingerprint density at radius 3 is 2.12 bits per heavy atom. The van der Waals surface area contributed by atoms with E-state index in [1.165, 1.54) is 12.1 Å². The molecule has 0 fully saturated rings. The number of rotatable bonds is 2. The SMILES string of the molecule is O=Cc1cc(F)cc(F)c1-c1ccc(F)cc1. The smallest absolute Gasteiger partial charge is 0.150 e. The Balaban J connectivity index is 2.65. The van der Waals surface area contributed by atoms with Gasteiger partial charge in [0, 0.05) is 17.2 Å². The zero-order valence-corrected chi connectivity index (χ0v) is 8.58. The molecule has 0 aliphatic carbocycles. The number of carbonyl (C=O) groups is 1. The number of aldehydes is 1. The maximum absolute atomic E-state index is 13.6. The first-order valence-electron chi connectivity index (χ1n) is 4.82. The fourth-order valence-corrected chi connectivity index (χ4v) is 1.61. The minimum Gasteiger partial charge on any atom is -0.298 e. The summed E-state index contributed by atoms with van der Waals surface area (Å²) in [5, 5.41) is 0. The minimum absolute atomic E-state index is 0.0265. The van der Waals surface area contributed by atoms with E-state index in [0.29, 0.717) is 17.9 Å². The Kier molecular flexibility index (Phi) is 2.95. The topological polar surface area (TPSA) is 17.1 Å². The van der Waals surface area contributed by atoms with Crippen LogP contribution in [0.1, 0.15) is 10.4 Å². The summed E-state index contributed by atoms with van der Waals surface area (Å²) in [6, 6.07) is 6.58. The predicted molar refractivity (Wildman–Crippen MR) is 57.1 cm³/mol. The van der Waals surface area contributed by atoms with Gasteiger partial charge in [0.2, 0.25) is 0 Å². The van der Waals surface area contributed by atoms with Gasteiger partial charge in [0.15, 0.2) is 6.29 Å². The third-order valence-corrected chi connectivity index (χ3v) is 2.35. The fraction of sp³-hybridized carbons (Fsp3) is 0. The van der Waals surface area contributed by atoms with Gasteiger partial charge in [-0.2, -0.15) is 0 Å². The van der Waals surface area contributed by atoms with E-state index in [1.54, 1.807) is 0 Å². The molecule has 0 spiro atoms. The van der Waals surface area contributed by atoms with E-state index in [1.807, 2.05) is 0 Å². The second kappa shape index (κ2) is 4.41. The molecule has 0 radical (unpaired) electrons. The van der Waals surface area contributed by atoms with Crippen LogP contribution < -0.4 is 0 Å². The zero-order valence-electron chi connectivity index (χ0n) is 8.58. The van der Waals surface area contributed by atoms with Gasteiger partial charge in [-0.3, -0.25) is 4.79 Å². The van der Waals surface area contributed by atoms with E-state index in [-0.39, 0.29) is 11.1 Å². The summed E-state index contributed by atoms with van der Waals surface area (Å²) in [4.78, 5) is 10.8. The molecule has 0 heterocycles. The van der Waals surface area contributed by atoms with Crippen molar-refractivity contribution in [3.05, 3.63) is 59.4 Å². The van der Waals surface area contributed by atoms with Gasteiger partial charge in [0.1, 0.15) is 17.5 Å². The highest BCUT2D eigenvalue weighted by molar-refractivity contribution is 5.87. The molecule has 86 valence electrons. The van der Waals surface area contributed by atoms with E-state index < -0.39 is 17.5 Å². The summed E-state index contributed by atoms with van der Waals surface area (Å²) in [7, 11) is 0. The quantitative estimate of drug-likeness (QED) is 0.728. The van der Waals surface area contributed by atoms with E-state index >= 15 is 0 Å². The molecule has 2 aromatic rings. The first-order chi connectivity index (χ1) is 8.11. The van der Waals surface area contributed by atoms with E-state index in [0.717, 1.165) is 18.2 Å². The Morgan fingerprint density at radius 1 is 0.882 bits per heavy atom. The molecule has 2 aromatic carbocycles. The first-order valence-corrected chi connectivity index (χ1v) is 4.82. The maximum Gasteiger partial charge on any atom is 0.150 e. The third kappa shape index (κ3) is 2.20. The van der Waals surface area contributed by atoms with E-state index in [4.69, 9.17) is 0 Å². The van der Waals surface area contributed by atoms with Crippen LogP contribution in [0.2, 0.25) is 0 Å². The summed E-state index contributed by atoms with van der Waals surface area (Å²) in [5.74, 6) is -2.14. The second-order valence-electron chi connectivity index (χ2n) is 3.48. The van der Waals surface area contributed by atoms with Crippen molar-refractivity contribution in [1.82, 2.24) is 0 Å². The number of halogens is 3. The summed E-state index contributed by atoms with van der Waals surface area (Å²) >= 11 is 0. The van der Waals surface area contributed by atoms with Crippen LogP contribution in [0, 0.1) is 17.5 Å². The molecule has 1 nitrogen and oxygen atoms in total. The highest BCUT2D eigenvalue weighted by Gasteiger charge is 2.12. The normalized spacial score (nSPS) is 10.3. The van der Waals surface area contributed by atoms with Crippen LogP contribution in [0.5, 0.6) is 0 Å². The molecule has 0 amide bonds. The van der Waals surface area contributed by atoms with Crippen molar-refractivity contribution in [1.29, 1.82) is 0 Å². The van der Waals surface area contributed by atoms with Gasteiger partial charge in [-0.25, -0.2) is 13.2 Å². The van der Waals surface area contributed by atoms with Crippen molar-refractivity contribution < 1.29 is 18.0 Å². The molecule has 0 saturated heterocycles. The average molecular weight is 236 g/mol. The van der Waals surface area contributed by atoms with Crippen molar-refractivity contribution in [2.45, 2.75) is 0 Å². The Labute approximate surface area is 95.5 Å². The molecule has 0 saturated carbocycles. The fourth-order valence-electron chi connectivity index (χ4n) is 1.61. The van der Waals surface area contributed by atoms with Crippen LogP contribution >= 0.6 is 0 Å². The van der Waals surface area contributed by atoms with Crippen LogP contribution in [-0.2, 0) is 0 Å². The summed E-state index contributed by atoms with van der Waals surface area (Å²) in [6.07, 6.45) is 0.366. The van der Waals surface area contributed by atoms with Crippen LogP contribution in [-0.4, -0.2) is 6.29 Å². The molecule has 0 aliphatic rings. The van der Waals surface area contributed by atoms with E-state index in [9.17, 15) is 18.0 Å². The molecule has 0 unspecified atom stereocenters. The number of hydrogen-bond acceptors (Lipinski definition) is 1. The van der Waals surface area contributed by atoms with Crippen LogP contribution in [0.25, 0.3) is 11.1 Å². The highest BCUT2D eigenvalue weighted by atomic mass is 19.1. The summed E-state index contributed by atoms with van der Waals surface area (Å²) in [6.45, 7) is 0. The van der Waals surface area contributed by atoms with E-state index in [2.05, 4.69) is 0 Å². The first kappa shape index (κ1) is 11.4. The standard InChI is InChI=1S/C13H7F3O/c14-10-3-1-8(2-4-10)13-9(7-17)5-11(15)6-12(13)16/h1-7H. The van der Waals surface area contributed by atoms with Crippen LogP contribution in [0.3, 0.4) is 0 Å². The molecule has 4 heteroatoms. The molecule has 17 heavy (non-hydrogen) atoms. The zero-order chi connectivity index (χ0) is 12.4. The van der Waals surface area contributed by atoms with Crippen molar-refractivity contribution in [2.24, 2.45) is 0 Å². The molecule has 2 rings (SSSR count). The lowest BCUT2D eigenvalue weighted by Crippen LogP contribution is -1.94.